The minimum atomic E-state index is -0.303. The number of carbonyl (C=O) groups is 1. The van der Waals surface area contributed by atoms with Crippen LogP contribution in [0, 0.1) is 0 Å². The third kappa shape index (κ3) is 5.06. The van der Waals surface area contributed by atoms with Gasteiger partial charge in [0.25, 0.3) is 0 Å². The number of methoxy groups -OCH3 is 1. The maximum absolute atomic E-state index is 11.6. The summed E-state index contributed by atoms with van der Waals surface area (Å²) in [6, 6.07) is 21.0. The number of carbonyl (C=O) groups excluding carboxylic acids is 1. The Hall–Kier alpha value is -4.86. The summed E-state index contributed by atoms with van der Waals surface area (Å²) in [5.74, 6) is 1.06. The van der Waals surface area contributed by atoms with Crippen molar-refractivity contribution in [3.05, 3.63) is 90.5 Å². The molecule has 0 atom stereocenters. The Morgan fingerprint density at radius 2 is 1.86 bits per heavy atom. The predicted octanol–water partition coefficient (Wildman–Crippen LogP) is 3.68. The second kappa shape index (κ2) is 9.96. The number of hydrogen-bond donors (Lipinski definition) is 2. The molecule has 5 rings (SSSR count). The number of para-hydroxylation sites is 2. The zero-order valence-electron chi connectivity index (χ0n) is 18.9. The highest BCUT2D eigenvalue weighted by Gasteiger charge is 2.15. The number of hydrogen-bond acceptors (Lipinski definition) is 9. The van der Waals surface area contributed by atoms with Crippen molar-refractivity contribution < 1.29 is 9.53 Å². The van der Waals surface area contributed by atoms with Gasteiger partial charge < -0.3 is 15.4 Å². The summed E-state index contributed by atoms with van der Waals surface area (Å²) in [5.41, 5.74) is 4.11. The van der Waals surface area contributed by atoms with E-state index < -0.39 is 0 Å². The Bertz CT molecular complexity index is 1470. The Morgan fingerprint density at radius 3 is 2.71 bits per heavy atom. The number of ether oxygens (including phenoxy) is 1. The largest absolute Gasteiger partial charge is 0.469 e. The van der Waals surface area contributed by atoms with Gasteiger partial charge in [0, 0.05) is 11.9 Å². The van der Waals surface area contributed by atoms with Crippen LogP contribution in [0.25, 0.3) is 17.0 Å². The van der Waals surface area contributed by atoms with Gasteiger partial charge in [-0.25, -0.2) is 19.5 Å². The van der Waals surface area contributed by atoms with Gasteiger partial charge in [0.05, 0.1) is 36.8 Å². The number of anilines is 3. The lowest BCUT2D eigenvalue weighted by atomic mass is 10.1. The highest BCUT2D eigenvalue weighted by molar-refractivity contribution is 5.80. The maximum atomic E-state index is 11.6. The molecule has 0 unspecified atom stereocenters. The van der Waals surface area contributed by atoms with Crippen molar-refractivity contribution in [1.82, 2.24) is 29.5 Å². The topological polar surface area (TPSA) is 120 Å². The quantitative estimate of drug-likeness (QED) is 0.330. The van der Waals surface area contributed by atoms with Gasteiger partial charge in [-0.05, 0) is 42.0 Å². The lowest BCUT2D eigenvalue weighted by Gasteiger charge is -2.11. The molecule has 0 fully saturated rings. The van der Waals surface area contributed by atoms with Crippen molar-refractivity contribution in [1.29, 1.82) is 0 Å². The lowest BCUT2D eigenvalue weighted by molar-refractivity contribution is -0.139. The Kier molecular flexibility index (Phi) is 6.25. The Balaban J connectivity index is 1.45. The van der Waals surface area contributed by atoms with Crippen LogP contribution in [0.15, 0.2) is 79.3 Å². The number of esters is 1. The number of imidazole rings is 1. The van der Waals surface area contributed by atoms with Crippen molar-refractivity contribution in [2.75, 3.05) is 17.7 Å². The van der Waals surface area contributed by atoms with E-state index in [4.69, 9.17) is 9.72 Å². The molecule has 0 saturated heterocycles. The summed E-state index contributed by atoms with van der Waals surface area (Å²) >= 11 is 0. The molecule has 2 N–H and O–H groups in total. The minimum Gasteiger partial charge on any atom is -0.469 e. The zero-order chi connectivity index (χ0) is 24.0. The van der Waals surface area contributed by atoms with Gasteiger partial charge >= 0.3 is 5.97 Å². The summed E-state index contributed by atoms with van der Waals surface area (Å²) in [4.78, 5) is 34.0. The van der Waals surface area contributed by atoms with Gasteiger partial charge in [-0.15, -0.1) is 0 Å². The molecule has 0 radical (unpaired) electrons. The van der Waals surface area contributed by atoms with Gasteiger partial charge in [-0.1, -0.05) is 30.3 Å². The summed E-state index contributed by atoms with van der Waals surface area (Å²) < 4.78 is 6.60. The van der Waals surface area contributed by atoms with Crippen LogP contribution in [-0.4, -0.2) is 42.6 Å². The van der Waals surface area contributed by atoms with E-state index in [0.717, 1.165) is 28.0 Å². The number of nitrogens with one attached hydrogen (secondary N) is 2. The summed E-state index contributed by atoms with van der Waals surface area (Å²) in [5, 5.41) is 6.53. The second-order valence-electron chi connectivity index (χ2n) is 7.62. The maximum Gasteiger partial charge on any atom is 0.309 e. The van der Waals surface area contributed by atoms with Crippen molar-refractivity contribution >= 4 is 34.6 Å². The molecule has 2 aromatic carbocycles. The molecule has 0 spiro atoms. The average Bonchev–Trinajstić information content (AvgIpc) is 3.27. The normalized spacial score (nSPS) is 10.8. The highest BCUT2D eigenvalue weighted by atomic mass is 16.5. The minimum absolute atomic E-state index is 0.181. The van der Waals surface area contributed by atoms with Gasteiger partial charge in [0.1, 0.15) is 6.33 Å². The first-order valence-electron chi connectivity index (χ1n) is 10.9. The van der Waals surface area contributed by atoms with Gasteiger partial charge in [0.2, 0.25) is 17.8 Å². The summed E-state index contributed by atoms with van der Waals surface area (Å²) in [6.07, 6.45) is 3.38. The van der Waals surface area contributed by atoms with Crippen molar-refractivity contribution in [2.45, 2.75) is 13.0 Å². The van der Waals surface area contributed by atoms with Crippen molar-refractivity contribution in [2.24, 2.45) is 0 Å². The first kappa shape index (κ1) is 22.0. The molecule has 0 amide bonds. The van der Waals surface area contributed by atoms with Crippen molar-refractivity contribution in [3.63, 3.8) is 0 Å². The third-order valence-electron chi connectivity index (χ3n) is 5.23. The third-order valence-corrected chi connectivity index (χ3v) is 5.23. The number of benzene rings is 2. The van der Waals surface area contributed by atoms with E-state index in [1.807, 2.05) is 71.3 Å². The first-order valence-corrected chi connectivity index (χ1v) is 10.9. The van der Waals surface area contributed by atoms with Gasteiger partial charge in [-0.3, -0.25) is 9.78 Å². The SMILES string of the molecule is COC(=O)Cc1cccc(Nc2ncnc(-n3c(NCc4ccccn4)nc4ccccc43)n2)c1. The lowest BCUT2D eigenvalue weighted by Crippen LogP contribution is -2.11. The molecule has 0 aliphatic rings. The predicted molar refractivity (Wildman–Crippen MR) is 131 cm³/mol. The molecule has 0 bridgehead atoms. The van der Waals surface area contributed by atoms with Crippen LogP contribution in [0.1, 0.15) is 11.3 Å². The van der Waals surface area contributed by atoms with Gasteiger partial charge in [0.15, 0.2) is 0 Å². The van der Waals surface area contributed by atoms with E-state index in [9.17, 15) is 4.79 Å². The smallest absolute Gasteiger partial charge is 0.309 e. The van der Waals surface area contributed by atoms with Crippen molar-refractivity contribution in [3.8, 4) is 5.95 Å². The zero-order valence-corrected chi connectivity index (χ0v) is 18.9. The van der Waals surface area contributed by atoms with Crippen LogP contribution in [0.3, 0.4) is 0 Å². The molecule has 10 nitrogen and oxygen atoms in total. The molecular weight excluding hydrogens is 444 g/mol. The first-order chi connectivity index (χ1) is 17.2. The van der Waals surface area contributed by atoms with E-state index in [1.54, 1.807) is 6.20 Å². The van der Waals surface area contributed by atoms with E-state index in [1.165, 1.54) is 13.4 Å². The Morgan fingerprint density at radius 1 is 0.971 bits per heavy atom. The van der Waals surface area contributed by atoms with Crippen LogP contribution >= 0.6 is 0 Å². The number of aromatic nitrogens is 6. The van der Waals surface area contributed by atoms with Crippen LogP contribution in [0.2, 0.25) is 0 Å². The molecule has 3 aromatic heterocycles. The molecule has 35 heavy (non-hydrogen) atoms. The average molecular weight is 467 g/mol. The van der Waals surface area contributed by atoms with E-state index >= 15 is 0 Å². The van der Waals surface area contributed by atoms with E-state index in [0.29, 0.717) is 24.4 Å². The monoisotopic (exact) mass is 466 g/mol. The van der Waals surface area contributed by atoms with Crippen LogP contribution < -0.4 is 10.6 Å². The fourth-order valence-electron chi connectivity index (χ4n) is 3.60. The fraction of sp³-hybridized carbons (Fsp3) is 0.120. The number of pyridine rings is 1. The number of nitrogens with zero attached hydrogens (tertiary/aromatic N) is 6. The molecule has 0 aliphatic carbocycles. The van der Waals surface area contributed by atoms with Crippen LogP contribution in [0.5, 0.6) is 0 Å². The van der Waals surface area contributed by atoms with E-state index in [2.05, 4.69) is 30.6 Å². The van der Waals surface area contributed by atoms with Crippen LogP contribution in [0.4, 0.5) is 17.6 Å². The Labute approximate surface area is 201 Å². The molecule has 3 heterocycles. The molecule has 0 saturated carbocycles. The summed E-state index contributed by atoms with van der Waals surface area (Å²) in [7, 11) is 1.37. The molecule has 10 heteroatoms. The summed E-state index contributed by atoms with van der Waals surface area (Å²) in [6.45, 7) is 0.493. The molecular formula is C25H22N8O2. The van der Waals surface area contributed by atoms with E-state index in [-0.39, 0.29) is 12.4 Å². The standard InChI is InChI=1S/C25H22N8O2/c1-35-22(34)14-17-7-6-9-18(13-17)30-23-28-16-29-25(32-23)33-21-11-3-2-10-20(21)31-24(33)27-15-19-8-4-5-12-26-19/h2-13,16H,14-15H2,1H3,(H,27,31)(H,28,29,30,32). The molecule has 0 aliphatic heterocycles. The second-order valence-corrected chi connectivity index (χ2v) is 7.62. The number of rotatable bonds is 8. The number of fused-ring (bicyclic) bond motifs is 1. The van der Waals surface area contributed by atoms with Gasteiger partial charge in [-0.2, -0.15) is 4.98 Å². The molecule has 174 valence electrons. The van der Waals surface area contributed by atoms with Crippen LogP contribution in [-0.2, 0) is 22.5 Å². The highest BCUT2D eigenvalue weighted by Crippen LogP contribution is 2.24. The fourth-order valence-corrected chi connectivity index (χ4v) is 3.60. The molecule has 5 aromatic rings.